The fourth-order valence-electron chi connectivity index (χ4n) is 4.45. The van der Waals surface area contributed by atoms with Crippen LogP contribution in [-0.4, -0.2) is 59.7 Å². The van der Waals surface area contributed by atoms with E-state index in [2.05, 4.69) is 52.7 Å². The number of hydrogen-bond donors (Lipinski definition) is 1. The van der Waals surface area contributed by atoms with Gasteiger partial charge in [0.2, 0.25) is 0 Å². The molecule has 0 bridgehead atoms. The first-order chi connectivity index (χ1) is 12.0. The SMILES string of the molecule is C[C@H]1CN(CCn2c3c(c4cc(Cl)ccc42)CN(C)CC3)[C@@H](C)CN1. The van der Waals surface area contributed by atoms with E-state index in [9.17, 15) is 0 Å². The van der Waals surface area contributed by atoms with E-state index in [-0.39, 0.29) is 0 Å². The molecule has 1 saturated heterocycles. The normalized spacial score (nSPS) is 25.4. The third-order valence-corrected chi connectivity index (χ3v) is 6.15. The van der Waals surface area contributed by atoms with Gasteiger partial charge in [0, 0.05) is 79.4 Å². The highest BCUT2D eigenvalue weighted by Gasteiger charge is 2.25. The van der Waals surface area contributed by atoms with Crippen molar-refractivity contribution >= 4 is 22.5 Å². The largest absolute Gasteiger partial charge is 0.343 e. The molecule has 3 heterocycles. The Bertz CT molecular complexity index is 769. The van der Waals surface area contributed by atoms with Crippen LogP contribution in [0, 0.1) is 0 Å². The van der Waals surface area contributed by atoms with Crippen molar-refractivity contribution < 1.29 is 0 Å². The Labute approximate surface area is 155 Å². The molecule has 4 nitrogen and oxygen atoms in total. The monoisotopic (exact) mass is 360 g/mol. The molecule has 2 aliphatic rings. The summed E-state index contributed by atoms with van der Waals surface area (Å²) in [6.07, 6.45) is 1.13. The summed E-state index contributed by atoms with van der Waals surface area (Å²) < 4.78 is 2.56. The maximum absolute atomic E-state index is 6.30. The average molecular weight is 361 g/mol. The highest BCUT2D eigenvalue weighted by Crippen LogP contribution is 2.32. The number of fused-ring (bicyclic) bond motifs is 3. The summed E-state index contributed by atoms with van der Waals surface area (Å²) in [5.41, 5.74) is 4.35. The van der Waals surface area contributed by atoms with Crippen LogP contribution < -0.4 is 5.32 Å². The molecule has 0 amide bonds. The smallest absolute Gasteiger partial charge is 0.0487 e. The molecule has 1 fully saturated rings. The van der Waals surface area contributed by atoms with E-state index < -0.39 is 0 Å². The van der Waals surface area contributed by atoms with Crippen LogP contribution >= 0.6 is 11.6 Å². The molecule has 1 aromatic carbocycles. The summed E-state index contributed by atoms with van der Waals surface area (Å²) in [7, 11) is 2.21. The van der Waals surface area contributed by atoms with E-state index in [4.69, 9.17) is 11.6 Å². The second-order valence-corrected chi connectivity index (χ2v) is 8.32. The zero-order valence-corrected chi connectivity index (χ0v) is 16.3. The molecule has 0 aliphatic carbocycles. The first-order valence-electron chi connectivity index (χ1n) is 9.48. The standard InChI is InChI=1S/C20H29ClN4/c1-14-12-24(15(2)11-22-14)8-9-25-19-5-4-16(21)10-17(19)18-13-23(3)7-6-20(18)25/h4-5,10,14-15,22H,6-9,11-13H2,1-3H3/t14-,15-/m0/s1. The lowest BCUT2D eigenvalue weighted by molar-refractivity contribution is 0.141. The van der Waals surface area contributed by atoms with Crippen LogP contribution in [-0.2, 0) is 19.5 Å². The number of nitrogens with one attached hydrogen (secondary N) is 1. The second kappa shape index (κ2) is 6.92. The third-order valence-electron chi connectivity index (χ3n) is 5.91. The molecule has 0 spiro atoms. The van der Waals surface area contributed by atoms with Crippen molar-refractivity contribution in [2.75, 3.05) is 33.2 Å². The van der Waals surface area contributed by atoms with Crippen LogP contribution in [0.25, 0.3) is 10.9 Å². The molecule has 136 valence electrons. The lowest BCUT2D eigenvalue weighted by Crippen LogP contribution is -2.54. The van der Waals surface area contributed by atoms with E-state index in [0.29, 0.717) is 12.1 Å². The quantitative estimate of drug-likeness (QED) is 0.910. The minimum absolute atomic E-state index is 0.582. The van der Waals surface area contributed by atoms with Crippen LogP contribution in [0.2, 0.25) is 5.02 Å². The molecule has 2 atom stereocenters. The average Bonchev–Trinajstić information content (AvgIpc) is 2.88. The molecule has 0 saturated carbocycles. The van der Waals surface area contributed by atoms with Crippen molar-refractivity contribution in [3.63, 3.8) is 0 Å². The van der Waals surface area contributed by atoms with Gasteiger partial charge in [0.15, 0.2) is 0 Å². The van der Waals surface area contributed by atoms with Gasteiger partial charge in [-0.2, -0.15) is 0 Å². The lowest BCUT2D eigenvalue weighted by atomic mass is 10.1. The van der Waals surface area contributed by atoms with Crippen molar-refractivity contribution in [1.29, 1.82) is 0 Å². The number of aromatic nitrogens is 1. The zero-order valence-electron chi connectivity index (χ0n) is 15.6. The summed E-state index contributed by atoms with van der Waals surface area (Å²) in [6.45, 7) is 11.2. The van der Waals surface area contributed by atoms with Gasteiger partial charge in [-0.1, -0.05) is 11.6 Å². The minimum atomic E-state index is 0.582. The molecule has 0 radical (unpaired) electrons. The summed E-state index contributed by atoms with van der Waals surface area (Å²) in [5.74, 6) is 0. The zero-order chi connectivity index (χ0) is 17.6. The molecule has 5 heteroatoms. The maximum Gasteiger partial charge on any atom is 0.0487 e. The minimum Gasteiger partial charge on any atom is -0.343 e. The van der Waals surface area contributed by atoms with E-state index in [0.717, 1.165) is 50.7 Å². The van der Waals surface area contributed by atoms with Crippen molar-refractivity contribution in [3.8, 4) is 0 Å². The van der Waals surface area contributed by atoms with Crippen LogP contribution in [0.5, 0.6) is 0 Å². The van der Waals surface area contributed by atoms with E-state index in [1.807, 2.05) is 6.07 Å². The molecule has 25 heavy (non-hydrogen) atoms. The van der Waals surface area contributed by atoms with Crippen molar-refractivity contribution in [3.05, 3.63) is 34.5 Å². The Hall–Kier alpha value is -1.07. The topological polar surface area (TPSA) is 23.4 Å². The fraction of sp³-hybridized carbons (Fsp3) is 0.600. The third kappa shape index (κ3) is 3.33. The number of hydrogen-bond acceptors (Lipinski definition) is 3. The van der Waals surface area contributed by atoms with Gasteiger partial charge < -0.3 is 14.8 Å². The van der Waals surface area contributed by atoms with Crippen molar-refractivity contribution in [1.82, 2.24) is 19.7 Å². The lowest BCUT2D eigenvalue weighted by Gasteiger charge is -2.37. The summed E-state index contributed by atoms with van der Waals surface area (Å²) in [5, 5.41) is 5.76. The first kappa shape index (κ1) is 17.3. The van der Waals surface area contributed by atoms with Gasteiger partial charge in [-0.25, -0.2) is 0 Å². The number of nitrogens with zero attached hydrogens (tertiary/aromatic N) is 3. The Balaban J connectivity index is 1.65. The molecular weight excluding hydrogens is 332 g/mol. The van der Waals surface area contributed by atoms with Gasteiger partial charge in [-0.3, -0.25) is 4.90 Å². The first-order valence-corrected chi connectivity index (χ1v) is 9.86. The van der Waals surface area contributed by atoms with E-state index >= 15 is 0 Å². The van der Waals surface area contributed by atoms with Crippen molar-refractivity contribution in [2.45, 2.75) is 45.4 Å². The van der Waals surface area contributed by atoms with Gasteiger partial charge in [0.25, 0.3) is 0 Å². The Morgan fingerprint density at radius 1 is 1.24 bits per heavy atom. The van der Waals surface area contributed by atoms with Gasteiger partial charge >= 0.3 is 0 Å². The van der Waals surface area contributed by atoms with Gasteiger partial charge in [0.1, 0.15) is 0 Å². The maximum atomic E-state index is 6.30. The van der Waals surface area contributed by atoms with Crippen LogP contribution in [0.4, 0.5) is 0 Å². The molecule has 0 unspecified atom stereocenters. The Kier molecular flexibility index (Phi) is 4.80. The predicted octanol–water partition coefficient (Wildman–Crippen LogP) is 2.96. The second-order valence-electron chi connectivity index (χ2n) is 7.88. The molecule has 2 aliphatic heterocycles. The molecule has 1 aromatic heterocycles. The molecular formula is C20H29ClN4. The number of likely N-dealkylation sites (N-methyl/N-ethyl adjacent to an activating group) is 1. The van der Waals surface area contributed by atoms with Gasteiger partial charge in [-0.15, -0.1) is 0 Å². The fourth-order valence-corrected chi connectivity index (χ4v) is 4.62. The van der Waals surface area contributed by atoms with E-state index in [1.54, 1.807) is 0 Å². The summed E-state index contributed by atoms with van der Waals surface area (Å²) in [6, 6.07) is 7.58. The van der Waals surface area contributed by atoms with E-state index in [1.165, 1.54) is 22.2 Å². The number of rotatable bonds is 3. The van der Waals surface area contributed by atoms with Crippen LogP contribution in [0.1, 0.15) is 25.1 Å². The molecule has 2 aromatic rings. The highest BCUT2D eigenvalue weighted by atomic mass is 35.5. The summed E-state index contributed by atoms with van der Waals surface area (Å²) in [4.78, 5) is 5.04. The predicted molar refractivity (Wildman–Crippen MR) is 105 cm³/mol. The number of benzene rings is 1. The number of piperazine rings is 1. The van der Waals surface area contributed by atoms with Gasteiger partial charge in [0.05, 0.1) is 0 Å². The molecule has 1 N–H and O–H groups in total. The molecule has 4 rings (SSSR count). The van der Waals surface area contributed by atoms with Crippen molar-refractivity contribution in [2.24, 2.45) is 0 Å². The summed E-state index contributed by atoms with van der Waals surface area (Å²) >= 11 is 6.30. The number of halogens is 1. The Morgan fingerprint density at radius 2 is 2.08 bits per heavy atom. The van der Waals surface area contributed by atoms with Gasteiger partial charge in [-0.05, 0) is 44.7 Å². The highest BCUT2D eigenvalue weighted by molar-refractivity contribution is 6.31. The van der Waals surface area contributed by atoms with Crippen LogP contribution in [0.3, 0.4) is 0 Å². The van der Waals surface area contributed by atoms with Crippen LogP contribution in [0.15, 0.2) is 18.2 Å². The Morgan fingerprint density at radius 3 is 2.92 bits per heavy atom.